The third-order valence-electron chi connectivity index (χ3n) is 2.19. The van der Waals surface area contributed by atoms with E-state index in [1.54, 1.807) is 6.92 Å². The average Bonchev–Trinajstić information content (AvgIpc) is 2.19. The Morgan fingerprint density at radius 3 is 2.79 bits per heavy atom. The van der Waals surface area contributed by atoms with E-state index in [0.717, 1.165) is 32.7 Å². The topological polar surface area (TPSA) is 41.6 Å². The summed E-state index contributed by atoms with van der Waals surface area (Å²) in [6, 6.07) is 0. The van der Waals surface area contributed by atoms with Crippen LogP contribution in [0.25, 0.3) is 0 Å². The van der Waals surface area contributed by atoms with Gasteiger partial charge in [0, 0.05) is 32.7 Å². The molecule has 1 aliphatic heterocycles. The van der Waals surface area contributed by atoms with Crippen LogP contribution in [0.15, 0.2) is 0 Å². The normalized spacial score (nSPS) is 20.4. The van der Waals surface area contributed by atoms with Crippen LogP contribution in [0.5, 0.6) is 0 Å². The Bertz CT molecular complexity index is 182. The van der Waals surface area contributed by atoms with Crippen LogP contribution in [-0.2, 0) is 9.53 Å². The number of alkyl halides is 1. The smallest absolute Gasteiger partial charge is 0.319 e. The van der Waals surface area contributed by atoms with Crippen molar-refractivity contribution in [2.45, 2.75) is 11.8 Å². The first-order valence-electron chi connectivity index (χ1n) is 4.94. The molecule has 5 heteroatoms. The van der Waals surface area contributed by atoms with E-state index in [1.165, 1.54) is 0 Å². The highest BCUT2D eigenvalue weighted by molar-refractivity contribution is 9.10. The van der Waals surface area contributed by atoms with Crippen molar-refractivity contribution >= 4 is 21.9 Å². The molecule has 1 aliphatic rings. The Labute approximate surface area is 93.1 Å². The zero-order valence-electron chi connectivity index (χ0n) is 8.46. The average molecular weight is 265 g/mol. The molecule has 1 atom stereocenters. The van der Waals surface area contributed by atoms with Gasteiger partial charge >= 0.3 is 5.97 Å². The lowest BCUT2D eigenvalue weighted by molar-refractivity contribution is -0.142. The second-order valence-electron chi connectivity index (χ2n) is 3.38. The Kier molecular flexibility index (Phi) is 5.44. The van der Waals surface area contributed by atoms with Crippen LogP contribution >= 0.6 is 15.9 Å². The number of nitrogens with one attached hydrogen (secondary N) is 1. The van der Waals surface area contributed by atoms with Gasteiger partial charge < -0.3 is 10.1 Å². The van der Waals surface area contributed by atoms with E-state index in [4.69, 9.17) is 4.74 Å². The number of hydrogen-bond donors (Lipinski definition) is 1. The summed E-state index contributed by atoms with van der Waals surface area (Å²) < 4.78 is 5.06. The van der Waals surface area contributed by atoms with E-state index >= 15 is 0 Å². The van der Waals surface area contributed by atoms with Crippen molar-refractivity contribution in [1.29, 1.82) is 0 Å². The summed E-state index contributed by atoms with van der Waals surface area (Å²) in [6.07, 6.45) is 0. The van der Waals surface area contributed by atoms with Gasteiger partial charge in [-0.15, -0.1) is 0 Å². The van der Waals surface area contributed by atoms with Gasteiger partial charge in [-0.3, -0.25) is 9.69 Å². The minimum Gasteiger partial charge on any atom is -0.463 e. The third-order valence-corrected chi connectivity index (χ3v) is 2.56. The Hall–Kier alpha value is -0.130. The van der Waals surface area contributed by atoms with Crippen molar-refractivity contribution < 1.29 is 9.53 Å². The number of esters is 1. The van der Waals surface area contributed by atoms with E-state index in [-0.39, 0.29) is 10.8 Å². The first-order valence-corrected chi connectivity index (χ1v) is 5.85. The predicted molar refractivity (Wildman–Crippen MR) is 58.7 cm³/mol. The third kappa shape index (κ3) is 4.39. The van der Waals surface area contributed by atoms with Crippen LogP contribution in [0.1, 0.15) is 6.92 Å². The molecule has 4 nitrogen and oxygen atoms in total. The van der Waals surface area contributed by atoms with Gasteiger partial charge in [0.1, 0.15) is 11.4 Å². The molecule has 0 saturated carbocycles. The maximum Gasteiger partial charge on any atom is 0.319 e. The molecule has 82 valence electrons. The first-order chi connectivity index (χ1) is 6.70. The second-order valence-corrected chi connectivity index (χ2v) is 4.75. The minimum absolute atomic E-state index is 0.180. The highest BCUT2D eigenvalue weighted by atomic mass is 79.9. The fourth-order valence-electron chi connectivity index (χ4n) is 1.32. The summed E-state index contributed by atoms with van der Waals surface area (Å²) in [7, 11) is 0. The summed E-state index contributed by atoms with van der Waals surface area (Å²) in [5.41, 5.74) is 0. The maximum atomic E-state index is 11.1. The molecule has 1 heterocycles. The molecule has 0 aromatic carbocycles. The van der Waals surface area contributed by atoms with Crippen LogP contribution < -0.4 is 5.32 Å². The highest BCUT2D eigenvalue weighted by Gasteiger charge is 2.12. The molecule has 0 aromatic heterocycles. The maximum absolute atomic E-state index is 11.1. The second kappa shape index (κ2) is 6.37. The van der Waals surface area contributed by atoms with Gasteiger partial charge in [0.05, 0.1) is 0 Å². The highest BCUT2D eigenvalue weighted by Crippen LogP contribution is 2.00. The van der Waals surface area contributed by atoms with Crippen molar-refractivity contribution in [3.63, 3.8) is 0 Å². The van der Waals surface area contributed by atoms with E-state index in [0.29, 0.717) is 6.61 Å². The number of carbonyl (C=O) groups is 1. The quantitative estimate of drug-likeness (QED) is 0.583. The zero-order chi connectivity index (χ0) is 10.4. The fourth-order valence-corrected chi connectivity index (χ4v) is 1.46. The number of rotatable bonds is 4. The van der Waals surface area contributed by atoms with Gasteiger partial charge in [0.25, 0.3) is 0 Å². The Morgan fingerprint density at radius 1 is 1.57 bits per heavy atom. The molecule has 0 bridgehead atoms. The van der Waals surface area contributed by atoms with Gasteiger partial charge in [-0.05, 0) is 6.92 Å². The molecule has 1 saturated heterocycles. The minimum atomic E-state index is -0.203. The standard InChI is InChI=1S/C9H17BrN2O2/c1-8(10)9(13)14-7-6-12-4-2-11-3-5-12/h8,11H,2-7H2,1H3. The fraction of sp³-hybridized carbons (Fsp3) is 0.889. The van der Waals surface area contributed by atoms with Crippen molar-refractivity contribution in [2.75, 3.05) is 39.3 Å². The van der Waals surface area contributed by atoms with E-state index in [2.05, 4.69) is 26.1 Å². The SMILES string of the molecule is CC(Br)C(=O)OCCN1CCNCC1. The van der Waals surface area contributed by atoms with Crippen molar-refractivity contribution in [3.8, 4) is 0 Å². The molecule has 0 aliphatic carbocycles. The van der Waals surface area contributed by atoms with Gasteiger partial charge in [0.2, 0.25) is 0 Å². The molecular formula is C9H17BrN2O2. The number of piperazine rings is 1. The molecule has 1 N–H and O–H groups in total. The predicted octanol–water partition coefficient (Wildman–Crippen LogP) is 0.218. The van der Waals surface area contributed by atoms with Crippen molar-refractivity contribution in [3.05, 3.63) is 0 Å². The molecule has 1 rings (SSSR count). The van der Waals surface area contributed by atoms with Crippen LogP contribution in [0.4, 0.5) is 0 Å². The molecule has 1 unspecified atom stereocenters. The monoisotopic (exact) mass is 264 g/mol. The number of carbonyl (C=O) groups excluding carboxylic acids is 1. The van der Waals surface area contributed by atoms with Crippen LogP contribution in [-0.4, -0.2) is 55.0 Å². The summed E-state index contributed by atoms with van der Waals surface area (Å²) in [4.78, 5) is 13.2. The molecule has 0 aromatic rings. The Balaban J connectivity index is 2.05. The summed E-state index contributed by atoms with van der Waals surface area (Å²) in [5, 5.41) is 3.28. The summed E-state index contributed by atoms with van der Waals surface area (Å²) in [6.45, 7) is 7.25. The number of halogens is 1. The van der Waals surface area contributed by atoms with Gasteiger partial charge in [0.15, 0.2) is 0 Å². The lowest BCUT2D eigenvalue weighted by Gasteiger charge is -2.26. The van der Waals surface area contributed by atoms with Gasteiger partial charge in [-0.2, -0.15) is 0 Å². The van der Waals surface area contributed by atoms with E-state index in [1.807, 2.05) is 0 Å². The molecule has 1 fully saturated rings. The van der Waals surface area contributed by atoms with Crippen LogP contribution in [0.2, 0.25) is 0 Å². The number of nitrogens with zero attached hydrogens (tertiary/aromatic N) is 1. The van der Waals surface area contributed by atoms with Crippen LogP contribution in [0, 0.1) is 0 Å². The first kappa shape index (κ1) is 11.9. The molecule has 0 radical (unpaired) electrons. The molecular weight excluding hydrogens is 248 g/mol. The lowest BCUT2D eigenvalue weighted by atomic mass is 10.3. The largest absolute Gasteiger partial charge is 0.463 e. The van der Waals surface area contributed by atoms with Gasteiger partial charge in [-0.1, -0.05) is 15.9 Å². The molecule has 0 spiro atoms. The molecule has 0 amide bonds. The number of hydrogen-bond acceptors (Lipinski definition) is 4. The van der Waals surface area contributed by atoms with Gasteiger partial charge in [-0.25, -0.2) is 0 Å². The molecule has 14 heavy (non-hydrogen) atoms. The summed E-state index contributed by atoms with van der Waals surface area (Å²) >= 11 is 3.17. The van der Waals surface area contributed by atoms with Crippen molar-refractivity contribution in [2.24, 2.45) is 0 Å². The zero-order valence-corrected chi connectivity index (χ0v) is 10.0. The number of ether oxygens (including phenoxy) is 1. The lowest BCUT2D eigenvalue weighted by Crippen LogP contribution is -2.44. The van der Waals surface area contributed by atoms with Crippen molar-refractivity contribution in [1.82, 2.24) is 10.2 Å². The van der Waals surface area contributed by atoms with E-state index < -0.39 is 0 Å². The Morgan fingerprint density at radius 2 is 2.21 bits per heavy atom. The van der Waals surface area contributed by atoms with E-state index in [9.17, 15) is 4.79 Å². The summed E-state index contributed by atoms with van der Waals surface area (Å²) in [5.74, 6) is -0.180. The van der Waals surface area contributed by atoms with Crippen LogP contribution in [0.3, 0.4) is 0 Å².